The molecule has 0 atom stereocenters. The van der Waals surface area contributed by atoms with Gasteiger partial charge in [-0.2, -0.15) is 14.6 Å². The molecule has 0 aliphatic rings. The fraction of sp³-hybridized carbons (Fsp3) is 0.800. The molecule has 0 aromatic rings. The largest absolute Gasteiger partial charge is 0.573 e. The molecule has 0 amide bonds. The Kier molecular flexibility index (Phi) is 7.81. The molecule has 0 aliphatic heterocycles. The molecule has 5 nitrogen and oxygen atoms in total. The van der Waals surface area contributed by atoms with Crippen LogP contribution in [0.2, 0.25) is 0 Å². The second-order valence-electron chi connectivity index (χ2n) is 2.17. The molecule has 0 N–H and O–H groups in total. The Hall–Kier alpha value is 0.930. The van der Waals surface area contributed by atoms with Crippen molar-refractivity contribution in [2.24, 2.45) is 0 Å². The van der Waals surface area contributed by atoms with Gasteiger partial charge < -0.3 is 0 Å². The Morgan fingerprint density at radius 3 is 1.38 bits per heavy atom. The van der Waals surface area contributed by atoms with Crippen molar-refractivity contribution in [1.29, 1.82) is 0 Å². The molecule has 96 valence electrons. The molecule has 0 heterocycles. The summed E-state index contributed by atoms with van der Waals surface area (Å²) in [7, 11) is 0. The number of halogens is 6. The Balaban J connectivity index is 3.53. The molecule has 0 aromatic carbocycles. The lowest BCUT2D eigenvalue weighted by Crippen LogP contribution is -2.19. The minimum absolute atomic E-state index is 0.489. The third-order valence-corrected chi connectivity index (χ3v) is 1.35. The van der Waals surface area contributed by atoms with Crippen LogP contribution in [0.5, 0.6) is 0 Å². The minimum atomic E-state index is -1.72. The van der Waals surface area contributed by atoms with Gasteiger partial charge in [-0.25, -0.2) is 0 Å². The monoisotopic (exact) mass is 354 g/mol. The van der Waals surface area contributed by atoms with Crippen LogP contribution in [0, 0.1) is 0 Å². The first kappa shape index (κ1) is 16.9. The molecule has 0 aliphatic carbocycles. The van der Waals surface area contributed by atoms with Crippen molar-refractivity contribution >= 4 is 75.8 Å². The molecular formula is C5H4Cl6O5. The van der Waals surface area contributed by atoms with Crippen molar-refractivity contribution in [2.75, 3.05) is 13.2 Å². The SMILES string of the molecule is O=C(OOCC(Cl)(Cl)Cl)OOCC(Cl)(Cl)Cl. The highest BCUT2D eigenvalue weighted by atomic mass is 35.6. The lowest BCUT2D eigenvalue weighted by molar-refractivity contribution is -0.318. The first-order chi connectivity index (χ1) is 7.10. The number of hydrogen-bond acceptors (Lipinski definition) is 5. The summed E-state index contributed by atoms with van der Waals surface area (Å²) < 4.78 is -3.45. The van der Waals surface area contributed by atoms with Gasteiger partial charge in [0.1, 0.15) is 13.2 Å². The second kappa shape index (κ2) is 7.38. The van der Waals surface area contributed by atoms with Crippen molar-refractivity contribution in [3.05, 3.63) is 0 Å². The smallest absolute Gasteiger partial charge is 0.257 e. The summed E-state index contributed by atoms with van der Waals surface area (Å²) in [6, 6.07) is 0. The number of carbonyl (C=O) groups is 1. The number of carbonyl (C=O) groups excluding carboxylic acids is 1. The third kappa shape index (κ3) is 13.0. The maximum Gasteiger partial charge on any atom is 0.573 e. The van der Waals surface area contributed by atoms with E-state index in [0.717, 1.165) is 0 Å². The fourth-order valence-corrected chi connectivity index (χ4v) is 0.570. The standard InChI is InChI=1S/C5H4Cl6O5/c6-4(7,8)1-13-15-3(12)16-14-2-5(9,10)11/h1-2H2. The molecule has 0 unspecified atom stereocenters. The van der Waals surface area contributed by atoms with Crippen LogP contribution in [0.3, 0.4) is 0 Å². The van der Waals surface area contributed by atoms with E-state index in [2.05, 4.69) is 19.6 Å². The van der Waals surface area contributed by atoms with Gasteiger partial charge in [0.15, 0.2) is 0 Å². The van der Waals surface area contributed by atoms with Crippen LogP contribution < -0.4 is 0 Å². The van der Waals surface area contributed by atoms with Gasteiger partial charge in [0.05, 0.1) is 0 Å². The molecule has 0 spiro atoms. The van der Waals surface area contributed by atoms with Gasteiger partial charge in [0, 0.05) is 0 Å². The summed E-state index contributed by atoms with van der Waals surface area (Å²) in [5.74, 6) is 0. The predicted molar refractivity (Wildman–Crippen MR) is 60.1 cm³/mol. The zero-order chi connectivity index (χ0) is 12.8. The van der Waals surface area contributed by atoms with Gasteiger partial charge in [0.2, 0.25) is 7.59 Å². The predicted octanol–water partition coefficient (Wildman–Crippen LogP) is 3.74. The Morgan fingerprint density at radius 2 is 1.12 bits per heavy atom. The summed E-state index contributed by atoms with van der Waals surface area (Å²) in [5.41, 5.74) is 0. The highest BCUT2D eigenvalue weighted by Gasteiger charge is 2.24. The lowest BCUT2D eigenvalue weighted by Gasteiger charge is -2.10. The van der Waals surface area contributed by atoms with Crippen LogP contribution in [0.1, 0.15) is 0 Å². The van der Waals surface area contributed by atoms with E-state index in [1.54, 1.807) is 0 Å². The maximum atomic E-state index is 10.7. The van der Waals surface area contributed by atoms with Gasteiger partial charge in [-0.1, -0.05) is 69.6 Å². The zero-order valence-corrected chi connectivity index (χ0v) is 11.8. The summed E-state index contributed by atoms with van der Waals surface area (Å²) in [6.07, 6.45) is -1.34. The molecule has 0 radical (unpaired) electrons. The first-order valence-electron chi connectivity index (χ1n) is 3.36. The van der Waals surface area contributed by atoms with Crippen molar-refractivity contribution in [2.45, 2.75) is 7.59 Å². The van der Waals surface area contributed by atoms with Crippen LogP contribution in [-0.4, -0.2) is 27.0 Å². The molecule has 16 heavy (non-hydrogen) atoms. The number of hydrogen-bond donors (Lipinski definition) is 0. The van der Waals surface area contributed by atoms with E-state index < -0.39 is 27.0 Å². The summed E-state index contributed by atoms with van der Waals surface area (Å²) in [5, 5.41) is 0. The average Bonchev–Trinajstić information content (AvgIpc) is 1.98. The molecule has 0 bridgehead atoms. The topological polar surface area (TPSA) is 54.0 Å². The van der Waals surface area contributed by atoms with Crippen LogP contribution >= 0.6 is 69.6 Å². The van der Waals surface area contributed by atoms with Gasteiger partial charge >= 0.3 is 6.16 Å². The Bertz CT molecular complexity index is 200. The van der Waals surface area contributed by atoms with E-state index in [1.165, 1.54) is 0 Å². The van der Waals surface area contributed by atoms with Gasteiger partial charge in [-0.05, 0) is 0 Å². The van der Waals surface area contributed by atoms with Crippen LogP contribution in [0.4, 0.5) is 4.79 Å². The summed E-state index contributed by atoms with van der Waals surface area (Å²) >= 11 is 31.6. The highest BCUT2D eigenvalue weighted by molar-refractivity contribution is 6.68. The van der Waals surface area contributed by atoms with Crippen LogP contribution in [0.15, 0.2) is 0 Å². The minimum Gasteiger partial charge on any atom is -0.257 e. The quantitative estimate of drug-likeness (QED) is 0.436. The molecule has 0 fully saturated rings. The van der Waals surface area contributed by atoms with E-state index in [9.17, 15) is 4.79 Å². The van der Waals surface area contributed by atoms with E-state index in [1.807, 2.05) is 0 Å². The molecule has 0 saturated heterocycles. The Morgan fingerprint density at radius 1 is 0.812 bits per heavy atom. The third-order valence-electron chi connectivity index (χ3n) is 0.699. The second-order valence-corrected chi connectivity index (χ2v) is 7.20. The highest BCUT2D eigenvalue weighted by Crippen LogP contribution is 2.26. The first-order valence-corrected chi connectivity index (χ1v) is 5.63. The fourth-order valence-electron chi connectivity index (χ4n) is 0.303. The summed E-state index contributed by atoms with van der Waals surface area (Å²) in [4.78, 5) is 27.0. The molecule has 0 rings (SSSR count). The molecular weight excluding hydrogens is 353 g/mol. The maximum absolute atomic E-state index is 10.7. The van der Waals surface area contributed by atoms with Crippen molar-refractivity contribution in [1.82, 2.24) is 0 Å². The van der Waals surface area contributed by atoms with E-state index in [0.29, 0.717) is 0 Å². The van der Waals surface area contributed by atoms with Gasteiger partial charge in [-0.3, -0.25) is 9.78 Å². The Labute approximate surface area is 120 Å². The zero-order valence-electron chi connectivity index (χ0n) is 7.22. The number of alkyl halides is 6. The van der Waals surface area contributed by atoms with Gasteiger partial charge in [0.25, 0.3) is 0 Å². The van der Waals surface area contributed by atoms with Gasteiger partial charge in [-0.15, -0.1) is 0 Å². The molecule has 0 aromatic heterocycles. The van der Waals surface area contributed by atoms with Crippen molar-refractivity contribution in [3.63, 3.8) is 0 Å². The lowest BCUT2D eigenvalue weighted by atomic mass is 10.8. The normalized spacial score (nSPS) is 12.4. The molecule has 11 heteroatoms. The van der Waals surface area contributed by atoms with Crippen LogP contribution in [0.25, 0.3) is 0 Å². The molecule has 0 saturated carbocycles. The van der Waals surface area contributed by atoms with Crippen molar-refractivity contribution in [3.8, 4) is 0 Å². The average molecular weight is 357 g/mol. The van der Waals surface area contributed by atoms with E-state index in [4.69, 9.17) is 69.6 Å². The summed E-state index contributed by atoms with van der Waals surface area (Å²) in [6.45, 7) is -0.978. The number of rotatable bonds is 4. The van der Waals surface area contributed by atoms with E-state index >= 15 is 0 Å². The van der Waals surface area contributed by atoms with Crippen molar-refractivity contribution < 1.29 is 24.3 Å². The van der Waals surface area contributed by atoms with Crippen LogP contribution in [-0.2, 0) is 19.6 Å². The van der Waals surface area contributed by atoms with E-state index in [-0.39, 0.29) is 0 Å².